The van der Waals surface area contributed by atoms with E-state index in [2.05, 4.69) is 35.9 Å². The molecule has 0 bridgehead atoms. The van der Waals surface area contributed by atoms with Crippen LogP contribution in [0.2, 0.25) is 0 Å². The molecular formula is C21H24F4N8. The largest absolute Gasteiger partial charge is 0.416 e. The van der Waals surface area contributed by atoms with E-state index in [0.29, 0.717) is 30.8 Å². The molecule has 3 heterocycles. The molecule has 0 spiro atoms. The second-order valence-electron chi connectivity index (χ2n) is 8.44. The maximum absolute atomic E-state index is 15.5. The van der Waals surface area contributed by atoms with E-state index in [0.717, 1.165) is 18.6 Å². The number of benzene rings is 1. The number of tetrazole rings is 1. The average Bonchev–Trinajstić information content (AvgIpc) is 3.46. The van der Waals surface area contributed by atoms with Gasteiger partial charge in [0.2, 0.25) is 5.82 Å². The van der Waals surface area contributed by atoms with Gasteiger partial charge in [-0.1, -0.05) is 26.0 Å². The number of H-pyrrole nitrogens is 1. The first-order chi connectivity index (χ1) is 15.7. The second kappa shape index (κ2) is 9.28. The molecule has 1 aromatic carbocycles. The fourth-order valence-corrected chi connectivity index (χ4v) is 4.11. The zero-order chi connectivity index (χ0) is 23.6. The lowest BCUT2D eigenvalue weighted by Crippen LogP contribution is -2.26. The minimum absolute atomic E-state index is 0.0140. The van der Waals surface area contributed by atoms with Gasteiger partial charge in [0.05, 0.1) is 17.6 Å². The average molecular weight is 464 g/mol. The Bertz CT molecular complexity index is 1050. The van der Waals surface area contributed by atoms with Crippen LogP contribution in [0.1, 0.15) is 62.1 Å². The van der Waals surface area contributed by atoms with Crippen molar-refractivity contribution in [2.24, 2.45) is 5.92 Å². The highest BCUT2D eigenvalue weighted by Gasteiger charge is 2.33. The van der Waals surface area contributed by atoms with Crippen LogP contribution in [0, 0.1) is 11.7 Å². The standard InChI is InChI=1S/C21H24F4N8/c1-12(2)10-15(18-29-31-32-30-18)28-19-17(22)20(27-11-26-19)33-9-3-4-16(33)13-5-7-14(8-6-13)21(23,24)25/h5-8,11-12,15-16H,3-4,9-10H2,1-2H3,(H,26,27,28)(H,29,30,31,32). The van der Waals surface area contributed by atoms with E-state index in [1.54, 1.807) is 4.90 Å². The molecule has 0 radical (unpaired) electrons. The van der Waals surface area contributed by atoms with Gasteiger partial charge in [0, 0.05) is 6.54 Å². The van der Waals surface area contributed by atoms with Crippen molar-refractivity contribution in [3.05, 3.63) is 53.4 Å². The van der Waals surface area contributed by atoms with E-state index < -0.39 is 17.6 Å². The molecule has 33 heavy (non-hydrogen) atoms. The molecular weight excluding hydrogens is 440 g/mol. The minimum atomic E-state index is -4.40. The van der Waals surface area contributed by atoms with E-state index in [1.165, 1.54) is 18.5 Å². The van der Waals surface area contributed by atoms with Crippen LogP contribution in [0.4, 0.5) is 29.2 Å². The number of aromatic amines is 1. The number of rotatable bonds is 7. The zero-order valence-electron chi connectivity index (χ0n) is 18.1. The Kier molecular flexibility index (Phi) is 6.43. The summed E-state index contributed by atoms with van der Waals surface area (Å²) in [5.41, 5.74) is -0.0351. The van der Waals surface area contributed by atoms with E-state index in [-0.39, 0.29) is 29.6 Å². The molecule has 1 fully saturated rings. The van der Waals surface area contributed by atoms with Gasteiger partial charge < -0.3 is 10.2 Å². The van der Waals surface area contributed by atoms with E-state index >= 15 is 4.39 Å². The molecule has 2 N–H and O–H groups in total. The molecule has 2 unspecified atom stereocenters. The Morgan fingerprint density at radius 3 is 2.58 bits per heavy atom. The Morgan fingerprint density at radius 1 is 1.18 bits per heavy atom. The first kappa shape index (κ1) is 22.9. The number of hydrogen-bond acceptors (Lipinski definition) is 7. The lowest BCUT2D eigenvalue weighted by Gasteiger charge is -2.27. The fourth-order valence-electron chi connectivity index (χ4n) is 4.11. The van der Waals surface area contributed by atoms with Gasteiger partial charge in [-0.15, -0.1) is 5.10 Å². The quantitative estimate of drug-likeness (QED) is 0.490. The number of aromatic nitrogens is 6. The first-order valence-corrected chi connectivity index (χ1v) is 10.7. The third-order valence-corrected chi connectivity index (χ3v) is 5.63. The molecule has 0 aliphatic carbocycles. The highest BCUT2D eigenvalue weighted by molar-refractivity contribution is 5.53. The maximum atomic E-state index is 15.5. The summed E-state index contributed by atoms with van der Waals surface area (Å²) in [6, 6.07) is 4.32. The Balaban J connectivity index is 1.59. The van der Waals surface area contributed by atoms with Crippen molar-refractivity contribution in [2.75, 3.05) is 16.8 Å². The van der Waals surface area contributed by atoms with Gasteiger partial charge in [0.15, 0.2) is 17.5 Å². The predicted octanol–water partition coefficient (Wildman–Crippen LogP) is 4.69. The molecule has 0 saturated carbocycles. The number of nitrogens with zero attached hydrogens (tertiary/aromatic N) is 6. The zero-order valence-corrected chi connectivity index (χ0v) is 18.1. The molecule has 2 aromatic heterocycles. The smallest absolute Gasteiger partial charge is 0.357 e. The van der Waals surface area contributed by atoms with Crippen LogP contribution >= 0.6 is 0 Å². The molecule has 12 heteroatoms. The van der Waals surface area contributed by atoms with Crippen LogP contribution < -0.4 is 10.2 Å². The van der Waals surface area contributed by atoms with Crippen molar-refractivity contribution in [3.63, 3.8) is 0 Å². The third-order valence-electron chi connectivity index (χ3n) is 5.63. The van der Waals surface area contributed by atoms with Crippen molar-refractivity contribution in [3.8, 4) is 0 Å². The Hall–Kier alpha value is -3.31. The molecule has 1 saturated heterocycles. The van der Waals surface area contributed by atoms with Gasteiger partial charge in [-0.2, -0.15) is 17.6 Å². The van der Waals surface area contributed by atoms with Gasteiger partial charge in [0.1, 0.15) is 6.33 Å². The van der Waals surface area contributed by atoms with Crippen LogP contribution in [0.25, 0.3) is 0 Å². The molecule has 1 aliphatic heterocycles. The summed E-state index contributed by atoms with van der Waals surface area (Å²) in [4.78, 5) is 10.0. The number of alkyl halides is 3. The minimum Gasteiger partial charge on any atom is -0.357 e. The van der Waals surface area contributed by atoms with Gasteiger partial charge in [0.25, 0.3) is 0 Å². The molecule has 0 amide bonds. The highest BCUT2D eigenvalue weighted by atomic mass is 19.4. The number of halogens is 4. The summed E-state index contributed by atoms with van der Waals surface area (Å²) in [7, 11) is 0. The number of nitrogens with one attached hydrogen (secondary N) is 2. The molecule has 176 valence electrons. The SMILES string of the molecule is CC(C)CC(Nc1ncnc(N2CCCC2c2ccc(C(F)(F)F)cc2)c1F)c1nnn[nH]1. The lowest BCUT2D eigenvalue weighted by atomic mass is 10.0. The van der Waals surface area contributed by atoms with Crippen LogP contribution in [0.5, 0.6) is 0 Å². The summed E-state index contributed by atoms with van der Waals surface area (Å²) >= 11 is 0. The molecule has 8 nitrogen and oxygen atoms in total. The Morgan fingerprint density at radius 2 is 1.94 bits per heavy atom. The summed E-state index contributed by atoms with van der Waals surface area (Å²) < 4.78 is 54.3. The molecule has 4 rings (SSSR count). The van der Waals surface area contributed by atoms with Gasteiger partial charge in [-0.3, -0.25) is 0 Å². The summed E-state index contributed by atoms with van der Waals surface area (Å²) in [6.45, 7) is 4.58. The lowest BCUT2D eigenvalue weighted by molar-refractivity contribution is -0.137. The van der Waals surface area contributed by atoms with E-state index in [1.807, 2.05) is 13.8 Å². The van der Waals surface area contributed by atoms with Crippen molar-refractivity contribution in [2.45, 2.75) is 51.4 Å². The Labute approximate surface area is 187 Å². The van der Waals surface area contributed by atoms with Gasteiger partial charge in [-0.05, 0) is 53.3 Å². The maximum Gasteiger partial charge on any atom is 0.416 e. The summed E-state index contributed by atoms with van der Waals surface area (Å²) in [5.74, 6) is 0.234. The van der Waals surface area contributed by atoms with Gasteiger partial charge >= 0.3 is 6.18 Å². The second-order valence-corrected chi connectivity index (χ2v) is 8.44. The first-order valence-electron chi connectivity index (χ1n) is 10.7. The third kappa shape index (κ3) is 5.04. The summed E-state index contributed by atoms with van der Waals surface area (Å²) in [6.07, 6.45) is -1.06. The van der Waals surface area contributed by atoms with E-state index in [4.69, 9.17) is 0 Å². The predicted molar refractivity (Wildman–Crippen MR) is 113 cm³/mol. The van der Waals surface area contributed by atoms with Crippen molar-refractivity contribution >= 4 is 11.6 Å². The van der Waals surface area contributed by atoms with Crippen molar-refractivity contribution in [1.29, 1.82) is 0 Å². The normalized spacial score (nSPS) is 17.5. The number of hydrogen-bond donors (Lipinski definition) is 2. The van der Waals surface area contributed by atoms with Crippen LogP contribution in [-0.4, -0.2) is 37.1 Å². The highest BCUT2D eigenvalue weighted by Crippen LogP contribution is 2.39. The summed E-state index contributed by atoms with van der Waals surface area (Å²) in [5, 5.41) is 16.9. The monoisotopic (exact) mass is 464 g/mol. The van der Waals surface area contributed by atoms with Crippen molar-refractivity contribution in [1.82, 2.24) is 30.6 Å². The van der Waals surface area contributed by atoms with Crippen LogP contribution in [0.15, 0.2) is 30.6 Å². The van der Waals surface area contributed by atoms with Crippen LogP contribution in [0.3, 0.4) is 0 Å². The molecule has 2 atom stereocenters. The molecule has 3 aromatic rings. The van der Waals surface area contributed by atoms with E-state index in [9.17, 15) is 13.2 Å². The van der Waals surface area contributed by atoms with Gasteiger partial charge in [-0.25, -0.2) is 15.1 Å². The topological polar surface area (TPSA) is 95.5 Å². The van der Waals surface area contributed by atoms with Crippen molar-refractivity contribution < 1.29 is 17.6 Å². The molecule has 1 aliphatic rings. The van der Waals surface area contributed by atoms with Crippen LogP contribution in [-0.2, 0) is 6.18 Å². The number of anilines is 2. The fraction of sp³-hybridized carbons (Fsp3) is 0.476.